The molecule has 0 saturated carbocycles. The first-order valence-corrected chi connectivity index (χ1v) is 7.58. The third-order valence-electron chi connectivity index (χ3n) is 3.36. The Kier molecular flexibility index (Phi) is 5.09. The molecule has 1 fully saturated rings. The van der Waals surface area contributed by atoms with Gasteiger partial charge in [-0.2, -0.15) is 0 Å². The van der Waals surface area contributed by atoms with Crippen LogP contribution in [0.1, 0.15) is 26.2 Å². The Morgan fingerprint density at radius 3 is 2.89 bits per heavy atom. The molecule has 1 aliphatic heterocycles. The van der Waals surface area contributed by atoms with Crippen LogP contribution in [0.4, 0.5) is 10.1 Å². The van der Waals surface area contributed by atoms with Gasteiger partial charge >= 0.3 is 5.00 Å². The van der Waals surface area contributed by atoms with Gasteiger partial charge < -0.3 is 10.2 Å². The van der Waals surface area contributed by atoms with Gasteiger partial charge in [0.2, 0.25) is 0 Å². The van der Waals surface area contributed by atoms with Crippen molar-refractivity contribution in [3.63, 3.8) is 0 Å². The predicted octanol–water partition coefficient (Wildman–Crippen LogP) is 2.27. The minimum Gasteiger partial charge on any atom is -0.348 e. The third kappa shape index (κ3) is 3.87. The highest BCUT2D eigenvalue weighted by Gasteiger charge is 2.21. The monoisotopic (exact) mass is 284 g/mol. The predicted molar refractivity (Wildman–Crippen MR) is 76.9 cm³/mol. The number of hydrogen-bond acceptors (Lipinski definition) is 6. The van der Waals surface area contributed by atoms with E-state index in [4.69, 9.17) is 0 Å². The first-order valence-electron chi connectivity index (χ1n) is 6.76. The van der Waals surface area contributed by atoms with Crippen LogP contribution in [0.3, 0.4) is 0 Å². The summed E-state index contributed by atoms with van der Waals surface area (Å²) in [6.07, 6.45) is 4.74. The van der Waals surface area contributed by atoms with E-state index in [-0.39, 0.29) is 9.92 Å². The second-order valence-corrected chi connectivity index (χ2v) is 5.87. The maximum atomic E-state index is 10.7. The summed E-state index contributed by atoms with van der Waals surface area (Å²) in [5, 5.41) is 15.0. The fraction of sp³-hybridized carbons (Fsp3) is 0.750. The van der Waals surface area contributed by atoms with Gasteiger partial charge in [0.1, 0.15) is 6.20 Å². The number of piperidine rings is 1. The molecule has 2 heterocycles. The van der Waals surface area contributed by atoms with Crippen LogP contribution in [0.25, 0.3) is 0 Å². The van der Waals surface area contributed by atoms with Gasteiger partial charge in [-0.25, -0.2) is 4.98 Å². The highest BCUT2D eigenvalue weighted by atomic mass is 32.1. The Balaban J connectivity index is 2.02. The molecule has 0 bridgehead atoms. The zero-order valence-electron chi connectivity index (χ0n) is 11.2. The number of nitrogens with one attached hydrogen (secondary N) is 1. The molecule has 0 amide bonds. The van der Waals surface area contributed by atoms with Crippen LogP contribution < -0.4 is 10.2 Å². The van der Waals surface area contributed by atoms with Crippen LogP contribution in [0, 0.1) is 16.0 Å². The summed E-state index contributed by atoms with van der Waals surface area (Å²) in [6, 6.07) is 0. The molecule has 0 unspecified atom stereocenters. The molecular formula is C12H20N4O2S. The van der Waals surface area contributed by atoms with Crippen LogP contribution in [0.15, 0.2) is 6.20 Å². The number of aromatic nitrogens is 1. The van der Waals surface area contributed by atoms with Crippen molar-refractivity contribution in [2.24, 2.45) is 5.92 Å². The standard InChI is InChI=1S/C12H20N4O2S/c1-2-7-15(9-10-3-5-13-6-4-10)12-14-8-11(19-12)16(17)18/h8,10,13H,2-7,9H2,1H3. The van der Waals surface area contributed by atoms with Crippen molar-refractivity contribution >= 4 is 21.5 Å². The molecule has 1 aliphatic rings. The fourth-order valence-electron chi connectivity index (χ4n) is 2.40. The van der Waals surface area contributed by atoms with Gasteiger partial charge in [-0.3, -0.25) is 10.1 Å². The molecular weight excluding hydrogens is 264 g/mol. The lowest BCUT2D eigenvalue weighted by Crippen LogP contribution is -2.36. The van der Waals surface area contributed by atoms with E-state index >= 15 is 0 Å². The lowest BCUT2D eigenvalue weighted by atomic mass is 9.97. The van der Waals surface area contributed by atoms with E-state index in [0.29, 0.717) is 5.92 Å². The largest absolute Gasteiger partial charge is 0.348 e. The van der Waals surface area contributed by atoms with E-state index in [2.05, 4.69) is 22.1 Å². The molecule has 0 atom stereocenters. The van der Waals surface area contributed by atoms with Crippen molar-refractivity contribution in [2.75, 3.05) is 31.1 Å². The van der Waals surface area contributed by atoms with Gasteiger partial charge in [0.25, 0.3) is 0 Å². The van der Waals surface area contributed by atoms with Crippen molar-refractivity contribution in [3.05, 3.63) is 16.3 Å². The third-order valence-corrected chi connectivity index (χ3v) is 4.37. The van der Waals surface area contributed by atoms with Crippen LogP contribution in [-0.4, -0.2) is 36.1 Å². The van der Waals surface area contributed by atoms with Crippen molar-refractivity contribution in [3.8, 4) is 0 Å². The number of nitrogens with zero attached hydrogens (tertiary/aromatic N) is 3. The molecule has 0 aromatic carbocycles. The Morgan fingerprint density at radius 1 is 1.58 bits per heavy atom. The lowest BCUT2D eigenvalue weighted by Gasteiger charge is -2.29. The van der Waals surface area contributed by atoms with Gasteiger partial charge in [0.15, 0.2) is 5.13 Å². The van der Waals surface area contributed by atoms with Crippen LogP contribution in [0.5, 0.6) is 0 Å². The fourth-order valence-corrected chi connectivity index (χ4v) is 3.17. The molecule has 0 aliphatic carbocycles. The zero-order valence-corrected chi connectivity index (χ0v) is 12.0. The van der Waals surface area contributed by atoms with E-state index in [1.807, 2.05) is 0 Å². The number of hydrogen-bond donors (Lipinski definition) is 1. The molecule has 0 spiro atoms. The smallest absolute Gasteiger partial charge is 0.345 e. The Bertz CT molecular complexity index is 418. The zero-order chi connectivity index (χ0) is 13.7. The topological polar surface area (TPSA) is 71.3 Å². The summed E-state index contributed by atoms with van der Waals surface area (Å²) in [7, 11) is 0. The average Bonchev–Trinajstić information content (AvgIpc) is 2.89. The van der Waals surface area contributed by atoms with Gasteiger partial charge in [0, 0.05) is 13.1 Å². The Hall–Kier alpha value is -1.21. The van der Waals surface area contributed by atoms with Gasteiger partial charge in [-0.05, 0) is 49.6 Å². The van der Waals surface area contributed by atoms with E-state index in [9.17, 15) is 10.1 Å². The lowest BCUT2D eigenvalue weighted by molar-refractivity contribution is -0.380. The minimum absolute atomic E-state index is 0.126. The first-order chi connectivity index (χ1) is 9.20. The molecule has 6 nitrogen and oxygen atoms in total. The average molecular weight is 284 g/mol. The molecule has 1 aromatic rings. The first kappa shape index (κ1) is 14.2. The van der Waals surface area contributed by atoms with Crippen LogP contribution in [0.2, 0.25) is 0 Å². The summed E-state index contributed by atoms with van der Waals surface area (Å²) in [5.41, 5.74) is 0. The Labute approximate surface area is 117 Å². The van der Waals surface area contributed by atoms with E-state index < -0.39 is 0 Å². The summed E-state index contributed by atoms with van der Waals surface area (Å²) in [5.74, 6) is 0.663. The van der Waals surface area contributed by atoms with Crippen molar-refractivity contribution in [2.45, 2.75) is 26.2 Å². The number of thiazole rings is 1. The summed E-state index contributed by atoms with van der Waals surface area (Å²) < 4.78 is 0. The van der Waals surface area contributed by atoms with Gasteiger partial charge in [0.05, 0.1) is 4.92 Å². The van der Waals surface area contributed by atoms with Crippen molar-refractivity contribution in [1.82, 2.24) is 10.3 Å². The maximum Gasteiger partial charge on any atom is 0.345 e. The summed E-state index contributed by atoms with van der Waals surface area (Å²) in [4.78, 5) is 16.8. The maximum absolute atomic E-state index is 10.7. The summed E-state index contributed by atoms with van der Waals surface area (Å²) >= 11 is 1.18. The highest BCUT2D eigenvalue weighted by molar-refractivity contribution is 7.18. The molecule has 1 N–H and O–H groups in total. The minimum atomic E-state index is -0.365. The molecule has 1 saturated heterocycles. The van der Waals surface area contributed by atoms with E-state index in [1.165, 1.54) is 30.4 Å². The van der Waals surface area contributed by atoms with E-state index in [1.54, 1.807) is 0 Å². The van der Waals surface area contributed by atoms with Crippen LogP contribution in [-0.2, 0) is 0 Å². The quantitative estimate of drug-likeness (QED) is 0.641. The molecule has 1 aromatic heterocycles. The SMILES string of the molecule is CCCN(CC1CCNCC1)c1ncc([N+](=O)[O-])s1. The van der Waals surface area contributed by atoms with E-state index in [0.717, 1.165) is 37.7 Å². The molecule has 106 valence electrons. The van der Waals surface area contributed by atoms with Crippen molar-refractivity contribution < 1.29 is 4.92 Å². The number of nitro groups is 1. The molecule has 7 heteroatoms. The molecule has 0 radical (unpaired) electrons. The molecule has 2 rings (SSSR count). The summed E-state index contributed by atoms with van der Waals surface area (Å²) in [6.45, 7) is 6.14. The number of anilines is 1. The number of rotatable bonds is 6. The van der Waals surface area contributed by atoms with Crippen LogP contribution >= 0.6 is 11.3 Å². The second-order valence-electron chi connectivity index (χ2n) is 4.88. The van der Waals surface area contributed by atoms with Gasteiger partial charge in [-0.1, -0.05) is 6.92 Å². The van der Waals surface area contributed by atoms with Crippen molar-refractivity contribution in [1.29, 1.82) is 0 Å². The normalized spacial score (nSPS) is 16.5. The highest BCUT2D eigenvalue weighted by Crippen LogP contribution is 2.29. The second kappa shape index (κ2) is 6.81. The van der Waals surface area contributed by atoms with Gasteiger partial charge in [-0.15, -0.1) is 0 Å². The Morgan fingerprint density at radius 2 is 2.32 bits per heavy atom. The molecule has 19 heavy (non-hydrogen) atoms.